The van der Waals surface area contributed by atoms with Crippen LogP contribution in [0.5, 0.6) is 11.5 Å². The fourth-order valence-corrected chi connectivity index (χ4v) is 5.14. The molecule has 4 rings (SSSR count). The van der Waals surface area contributed by atoms with Crippen molar-refractivity contribution in [3.05, 3.63) is 63.8 Å². The predicted octanol–water partition coefficient (Wildman–Crippen LogP) is 5.83. The lowest BCUT2D eigenvalue weighted by atomic mass is 9.69. The molecule has 0 saturated heterocycles. The van der Waals surface area contributed by atoms with Gasteiger partial charge in [0.1, 0.15) is 0 Å². The molecule has 1 aliphatic carbocycles. The molecule has 0 bridgehead atoms. The van der Waals surface area contributed by atoms with E-state index in [-0.39, 0.29) is 29.4 Å². The summed E-state index contributed by atoms with van der Waals surface area (Å²) in [6, 6.07) is 11.1. The summed E-state index contributed by atoms with van der Waals surface area (Å²) in [4.78, 5) is 28.9. The minimum absolute atomic E-state index is 0.0607. The van der Waals surface area contributed by atoms with Crippen molar-refractivity contribution in [2.24, 2.45) is 5.41 Å². The minimum atomic E-state index is -0.387. The predicted molar refractivity (Wildman–Crippen MR) is 126 cm³/mol. The van der Waals surface area contributed by atoms with Gasteiger partial charge in [0.15, 0.2) is 17.3 Å². The first-order valence-electron chi connectivity index (χ1n) is 10.7. The molecule has 1 atom stereocenters. The van der Waals surface area contributed by atoms with Crippen LogP contribution >= 0.6 is 11.6 Å². The van der Waals surface area contributed by atoms with Gasteiger partial charge in [-0.05, 0) is 42.5 Å². The number of Topliss-reactive ketones (excluding diaryl/α,β-unsaturated/α-hetero) is 1. The lowest BCUT2D eigenvalue weighted by molar-refractivity contribution is -0.121. The molecule has 1 unspecified atom stereocenters. The van der Waals surface area contributed by atoms with Gasteiger partial charge in [-0.25, -0.2) is 0 Å². The van der Waals surface area contributed by atoms with E-state index in [2.05, 4.69) is 13.8 Å². The Morgan fingerprint density at radius 3 is 2.50 bits per heavy atom. The summed E-state index contributed by atoms with van der Waals surface area (Å²) < 4.78 is 11.1. The van der Waals surface area contributed by atoms with Gasteiger partial charge in [-0.2, -0.15) is 0 Å². The number of allylic oxidation sites excluding steroid dienone is 2. The third-order valence-electron chi connectivity index (χ3n) is 6.36. The maximum Gasteiger partial charge on any atom is 0.232 e. The second-order valence-corrected chi connectivity index (χ2v) is 9.74. The fourth-order valence-electron chi connectivity index (χ4n) is 4.97. The normalized spacial score (nSPS) is 20.3. The van der Waals surface area contributed by atoms with Gasteiger partial charge in [0.05, 0.1) is 19.9 Å². The Balaban J connectivity index is 1.96. The van der Waals surface area contributed by atoms with E-state index in [0.717, 1.165) is 22.5 Å². The quantitative estimate of drug-likeness (QED) is 0.584. The number of methoxy groups -OCH3 is 2. The fraction of sp³-hybridized carbons (Fsp3) is 0.385. The van der Waals surface area contributed by atoms with Gasteiger partial charge < -0.3 is 9.47 Å². The van der Waals surface area contributed by atoms with Crippen LogP contribution in [0.1, 0.15) is 50.2 Å². The number of para-hydroxylation sites is 1. The van der Waals surface area contributed by atoms with Crippen LogP contribution in [-0.2, 0) is 9.59 Å². The molecule has 168 valence electrons. The van der Waals surface area contributed by atoms with E-state index in [1.54, 1.807) is 25.2 Å². The van der Waals surface area contributed by atoms with Crippen molar-refractivity contribution in [2.45, 2.75) is 46.0 Å². The number of nitrogens with zero attached hydrogens (tertiary/aromatic N) is 1. The number of halogens is 1. The van der Waals surface area contributed by atoms with Gasteiger partial charge in [0, 0.05) is 40.6 Å². The van der Waals surface area contributed by atoms with E-state index in [1.807, 2.05) is 37.3 Å². The van der Waals surface area contributed by atoms with Crippen molar-refractivity contribution in [2.75, 3.05) is 19.1 Å². The van der Waals surface area contributed by atoms with Crippen LogP contribution in [0.25, 0.3) is 0 Å². The second kappa shape index (κ2) is 8.28. The molecule has 5 nitrogen and oxygen atoms in total. The molecule has 2 aliphatic rings. The summed E-state index contributed by atoms with van der Waals surface area (Å²) in [5.41, 5.74) is 3.67. The Morgan fingerprint density at radius 1 is 1.06 bits per heavy atom. The van der Waals surface area contributed by atoms with Gasteiger partial charge in [-0.1, -0.05) is 43.6 Å². The van der Waals surface area contributed by atoms with Crippen LogP contribution < -0.4 is 14.4 Å². The summed E-state index contributed by atoms with van der Waals surface area (Å²) in [5, 5.41) is 0.554. The summed E-state index contributed by atoms with van der Waals surface area (Å²) >= 11 is 6.29. The lowest BCUT2D eigenvalue weighted by Crippen LogP contribution is -2.44. The summed E-state index contributed by atoms with van der Waals surface area (Å²) in [7, 11) is 3.16. The average Bonchev–Trinajstić information content (AvgIpc) is 2.73. The molecule has 0 fully saturated rings. The number of anilines is 1. The first kappa shape index (κ1) is 22.4. The summed E-state index contributed by atoms with van der Waals surface area (Å²) in [6.07, 6.45) is 1.22. The van der Waals surface area contributed by atoms with Gasteiger partial charge in [0.25, 0.3) is 0 Å². The molecule has 0 spiro atoms. The molecule has 2 aromatic rings. The first-order chi connectivity index (χ1) is 15.2. The molecule has 1 aliphatic heterocycles. The zero-order valence-corrected chi connectivity index (χ0v) is 19.9. The van der Waals surface area contributed by atoms with Crippen molar-refractivity contribution >= 4 is 29.0 Å². The third kappa shape index (κ3) is 3.79. The Hall–Kier alpha value is -2.79. The van der Waals surface area contributed by atoms with Crippen molar-refractivity contribution in [3.63, 3.8) is 0 Å². The van der Waals surface area contributed by atoms with E-state index < -0.39 is 0 Å². The minimum Gasteiger partial charge on any atom is -0.493 e. The zero-order chi connectivity index (χ0) is 23.2. The third-order valence-corrected chi connectivity index (χ3v) is 6.60. The highest BCUT2D eigenvalue weighted by molar-refractivity contribution is 6.31. The molecular weight excluding hydrogens is 426 g/mol. The molecule has 1 amide bonds. The Labute approximate surface area is 194 Å². The molecule has 32 heavy (non-hydrogen) atoms. The van der Waals surface area contributed by atoms with Crippen LogP contribution in [0.2, 0.25) is 5.02 Å². The number of aryl methyl sites for hydroxylation is 1. The van der Waals surface area contributed by atoms with Crippen molar-refractivity contribution in [3.8, 4) is 11.5 Å². The summed E-state index contributed by atoms with van der Waals surface area (Å²) in [6.45, 7) is 6.09. The van der Waals surface area contributed by atoms with Crippen LogP contribution in [0, 0.1) is 12.3 Å². The first-order valence-corrected chi connectivity index (χ1v) is 11.1. The maximum absolute atomic E-state index is 13.6. The molecule has 1 heterocycles. The number of ether oxygens (including phenoxy) is 2. The number of rotatable bonds is 4. The highest BCUT2D eigenvalue weighted by Gasteiger charge is 2.45. The van der Waals surface area contributed by atoms with E-state index in [4.69, 9.17) is 21.1 Å². The van der Waals surface area contributed by atoms with E-state index in [9.17, 15) is 9.59 Å². The smallest absolute Gasteiger partial charge is 0.232 e. The summed E-state index contributed by atoms with van der Waals surface area (Å²) in [5.74, 6) is 0.764. The molecular formula is C26H28ClNO4. The Morgan fingerprint density at radius 2 is 1.81 bits per heavy atom. The maximum atomic E-state index is 13.6. The van der Waals surface area contributed by atoms with Crippen LogP contribution in [0.4, 0.5) is 5.69 Å². The van der Waals surface area contributed by atoms with Gasteiger partial charge >= 0.3 is 0 Å². The number of hydrogen-bond donors (Lipinski definition) is 0. The number of amides is 1. The number of hydrogen-bond acceptors (Lipinski definition) is 4. The Kier molecular flexibility index (Phi) is 5.80. The van der Waals surface area contributed by atoms with E-state index in [1.165, 1.54) is 0 Å². The van der Waals surface area contributed by atoms with Crippen LogP contribution in [0.3, 0.4) is 0 Å². The molecule has 0 N–H and O–H groups in total. The van der Waals surface area contributed by atoms with Crippen molar-refractivity contribution < 1.29 is 19.1 Å². The monoisotopic (exact) mass is 453 g/mol. The largest absolute Gasteiger partial charge is 0.493 e. The standard InChI is InChI=1S/C26H28ClNO4/c1-15-9-10-16(27)11-19(15)28-20-13-26(2,3)14-21(29)24(20)18(12-23(28)30)17-7-6-8-22(31-4)25(17)32-5/h6-11,18H,12-14H2,1-5H3. The van der Waals surface area contributed by atoms with Crippen molar-refractivity contribution in [1.82, 2.24) is 0 Å². The second-order valence-electron chi connectivity index (χ2n) is 9.30. The van der Waals surface area contributed by atoms with Crippen LogP contribution in [-0.4, -0.2) is 25.9 Å². The van der Waals surface area contributed by atoms with E-state index >= 15 is 0 Å². The zero-order valence-electron chi connectivity index (χ0n) is 19.1. The van der Waals surface area contributed by atoms with E-state index in [0.29, 0.717) is 34.9 Å². The van der Waals surface area contributed by atoms with Gasteiger partial charge in [0.2, 0.25) is 5.91 Å². The highest BCUT2D eigenvalue weighted by Crippen LogP contribution is 2.51. The SMILES string of the molecule is COc1cccc(C2CC(=O)N(c3cc(Cl)ccc3C)C3=C2C(=O)CC(C)(C)C3)c1OC. The average molecular weight is 454 g/mol. The molecule has 6 heteroatoms. The molecule has 2 aromatic carbocycles. The highest BCUT2D eigenvalue weighted by atomic mass is 35.5. The molecule has 0 aromatic heterocycles. The molecule has 0 radical (unpaired) electrons. The molecule has 0 saturated carbocycles. The van der Waals surface area contributed by atoms with Gasteiger partial charge in [-0.3, -0.25) is 14.5 Å². The number of ketones is 1. The van der Waals surface area contributed by atoms with Gasteiger partial charge in [-0.15, -0.1) is 0 Å². The van der Waals surface area contributed by atoms with Crippen molar-refractivity contribution in [1.29, 1.82) is 0 Å². The van der Waals surface area contributed by atoms with Crippen LogP contribution in [0.15, 0.2) is 47.7 Å². The number of carbonyl (C=O) groups excluding carboxylic acids is 2. The number of benzene rings is 2. The number of carbonyl (C=O) groups is 2. The Bertz CT molecular complexity index is 1130. The lowest BCUT2D eigenvalue weighted by Gasteiger charge is -2.43. The topological polar surface area (TPSA) is 55.8 Å².